The molecular weight excluding hydrogens is 284 g/mol. The number of hydrogen-bond donors (Lipinski definition) is 0. The summed E-state index contributed by atoms with van der Waals surface area (Å²) in [5.41, 5.74) is 3.33. The van der Waals surface area contributed by atoms with E-state index in [2.05, 4.69) is 44.3 Å². The first-order valence-electron chi connectivity index (χ1n) is 7.52. The second-order valence-corrected chi connectivity index (χ2v) is 5.50. The third kappa shape index (κ3) is 5.87. The van der Waals surface area contributed by atoms with Crippen LogP contribution in [-0.4, -0.2) is 0 Å². The lowest BCUT2D eigenvalue weighted by Crippen LogP contribution is -1.96. The molecule has 0 spiro atoms. The van der Waals surface area contributed by atoms with Crippen LogP contribution in [0.4, 0.5) is 0 Å². The molecule has 0 aliphatic rings. The Morgan fingerprint density at radius 2 is 1.70 bits per heavy atom. The molecule has 0 fully saturated rings. The summed E-state index contributed by atoms with van der Waals surface area (Å²) in [6.45, 7) is 12.2. The van der Waals surface area contributed by atoms with Crippen LogP contribution in [0.25, 0.3) is 0 Å². The average Bonchev–Trinajstić information content (AvgIpc) is 2.53. The van der Waals surface area contributed by atoms with Crippen molar-refractivity contribution in [1.29, 1.82) is 0 Å². The number of hydrogen-bond acceptors (Lipinski definition) is 2. The molecule has 2 aromatic carbocycles. The Bertz CT molecular complexity index is 709. The first kappa shape index (κ1) is 16.6. The molecule has 0 aliphatic heterocycles. The number of ether oxygens (including phenoxy) is 2. The van der Waals surface area contributed by atoms with Gasteiger partial charge in [-0.15, -0.1) is 0 Å². The summed E-state index contributed by atoms with van der Waals surface area (Å²) in [7, 11) is 0. The van der Waals surface area contributed by atoms with Crippen LogP contribution in [0.1, 0.15) is 18.1 Å². The lowest BCUT2D eigenvalue weighted by Gasteiger charge is -2.09. The van der Waals surface area contributed by atoms with Gasteiger partial charge in [0.15, 0.2) is 0 Å². The van der Waals surface area contributed by atoms with Crippen LogP contribution < -0.4 is 9.47 Å². The van der Waals surface area contributed by atoms with Crippen molar-refractivity contribution < 1.29 is 9.47 Å². The molecule has 0 radical (unpaired) electrons. The highest BCUT2D eigenvalue weighted by Gasteiger charge is 2.00. The fraction of sp³-hybridized carbons (Fsp3) is 0.143. The second kappa shape index (κ2) is 8.04. The summed E-state index contributed by atoms with van der Waals surface area (Å²) >= 11 is 0. The van der Waals surface area contributed by atoms with Gasteiger partial charge in [-0.2, -0.15) is 0 Å². The predicted octanol–water partition coefficient (Wildman–Crippen LogP) is 5.60. The van der Waals surface area contributed by atoms with E-state index < -0.39 is 0 Å². The smallest absolute Gasteiger partial charge is 0.131 e. The van der Waals surface area contributed by atoms with Gasteiger partial charge in [0, 0.05) is 6.07 Å². The molecular formula is C21H22O2. The molecule has 0 amide bonds. The molecule has 0 saturated carbocycles. The third-order valence-corrected chi connectivity index (χ3v) is 3.13. The van der Waals surface area contributed by atoms with Crippen LogP contribution >= 0.6 is 0 Å². The topological polar surface area (TPSA) is 18.5 Å². The highest BCUT2D eigenvalue weighted by Crippen LogP contribution is 2.22. The van der Waals surface area contributed by atoms with Crippen LogP contribution in [0.15, 0.2) is 85.2 Å². The molecule has 0 unspecified atom stereocenters. The van der Waals surface area contributed by atoms with Crippen LogP contribution in [-0.2, 0) is 6.61 Å². The van der Waals surface area contributed by atoms with Gasteiger partial charge >= 0.3 is 0 Å². The van der Waals surface area contributed by atoms with Crippen LogP contribution in [0.3, 0.4) is 0 Å². The van der Waals surface area contributed by atoms with Crippen molar-refractivity contribution in [3.05, 3.63) is 96.3 Å². The van der Waals surface area contributed by atoms with E-state index in [1.807, 2.05) is 37.3 Å². The van der Waals surface area contributed by atoms with Gasteiger partial charge in [0.1, 0.15) is 23.9 Å². The summed E-state index contributed by atoms with van der Waals surface area (Å²) < 4.78 is 11.5. The standard InChI is InChI=1S/C21H22O2/c1-16(2)8-11-18(4)23-21-7-5-6-20(14-21)22-15-19-12-9-17(3)10-13-19/h5-14H,1,4,15H2,2-3H3/b11-8-. The highest BCUT2D eigenvalue weighted by atomic mass is 16.5. The first-order valence-corrected chi connectivity index (χ1v) is 7.52. The Labute approximate surface area is 138 Å². The summed E-state index contributed by atoms with van der Waals surface area (Å²) in [4.78, 5) is 0. The van der Waals surface area contributed by atoms with E-state index in [1.54, 1.807) is 6.08 Å². The number of allylic oxidation sites excluding steroid dienone is 3. The number of benzene rings is 2. The van der Waals surface area contributed by atoms with E-state index in [-0.39, 0.29) is 0 Å². The first-order chi connectivity index (χ1) is 11.0. The molecule has 0 aliphatic carbocycles. The zero-order valence-corrected chi connectivity index (χ0v) is 13.7. The Morgan fingerprint density at radius 1 is 1.00 bits per heavy atom. The Hall–Kier alpha value is -2.74. The predicted molar refractivity (Wildman–Crippen MR) is 95.7 cm³/mol. The van der Waals surface area contributed by atoms with Gasteiger partial charge in [-0.05, 0) is 37.6 Å². The van der Waals surface area contributed by atoms with Crippen molar-refractivity contribution in [3.8, 4) is 11.5 Å². The Kier molecular flexibility index (Phi) is 5.81. The van der Waals surface area contributed by atoms with Gasteiger partial charge < -0.3 is 9.47 Å². The van der Waals surface area contributed by atoms with E-state index in [1.165, 1.54) is 5.56 Å². The van der Waals surface area contributed by atoms with E-state index in [4.69, 9.17) is 9.47 Å². The van der Waals surface area contributed by atoms with Crippen molar-refractivity contribution in [2.75, 3.05) is 0 Å². The highest BCUT2D eigenvalue weighted by molar-refractivity contribution is 5.35. The maximum Gasteiger partial charge on any atom is 0.131 e. The van der Waals surface area contributed by atoms with E-state index in [0.29, 0.717) is 18.1 Å². The molecule has 118 valence electrons. The molecule has 2 heteroatoms. The SMILES string of the molecule is C=C(C)/C=C\C(=C)Oc1cccc(OCc2ccc(C)cc2)c1. The third-order valence-electron chi connectivity index (χ3n) is 3.13. The molecule has 2 rings (SSSR count). The molecule has 0 aromatic heterocycles. The maximum absolute atomic E-state index is 5.81. The normalized spacial score (nSPS) is 10.5. The fourth-order valence-corrected chi connectivity index (χ4v) is 1.90. The molecule has 2 nitrogen and oxygen atoms in total. The van der Waals surface area contributed by atoms with Crippen LogP contribution in [0, 0.1) is 6.92 Å². The molecule has 0 atom stereocenters. The average molecular weight is 306 g/mol. The van der Waals surface area contributed by atoms with Gasteiger partial charge in [-0.1, -0.05) is 60.7 Å². The fourth-order valence-electron chi connectivity index (χ4n) is 1.90. The second-order valence-electron chi connectivity index (χ2n) is 5.50. The molecule has 0 saturated heterocycles. The maximum atomic E-state index is 5.81. The largest absolute Gasteiger partial charge is 0.489 e. The van der Waals surface area contributed by atoms with Crippen LogP contribution in [0.5, 0.6) is 11.5 Å². The van der Waals surface area contributed by atoms with Crippen molar-refractivity contribution in [2.45, 2.75) is 20.5 Å². The van der Waals surface area contributed by atoms with Gasteiger partial charge in [0.2, 0.25) is 0 Å². The summed E-state index contributed by atoms with van der Waals surface area (Å²) in [5, 5.41) is 0. The minimum atomic E-state index is 0.528. The Morgan fingerprint density at radius 3 is 2.39 bits per heavy atom. The zero-order chi connectivity index (χ0) is 16.7. The van der Waals surface area contributed by atoms with Gasteiger partial charge in [-0.3, -0.25) is 0 Å². The molecule has 0 N–H and O–H groups in total. The van der Waals surface area contributed by atoms with E-state index >= 15 is 0 Å². The summed E-state index contributed by atoms with van der Waals surface area (Å²) in [5.74, 6) is 2.02. The molecule has 0 heterocycles. The van der Waals surface area contributed by atoms with Crippen molar-refractivity contribution in [3.63, 3.8) is 0 Å². The van der Waals surface area contributed by atoms with Crippen molar-refractivity contribution in [1.82, 2.24) is 0 Å². The Balaban J connectivity index is 1.95. The van der Waals surface area contributed by atoms with Gasteiger partial charge in [-0.25, -0.2) is 0 Å². The zero-order valence-electron chi connectivity index (χ0n) is 13.7. The van der Waals surface area contributed by atoms with Crippen molar-refractivity contribution in [2.24, 2.45) is 0 Å². The summed E-state index contributed by atoms with van der Waals surface area (Å²) in [6.07, 6.45) is 3.66. The molecule has 23 heavy (non-hydrogen) atoms. The lowest BCUT2D eigenvalue weighted by molar-refractivity contribution is 0.304. The van der Waals surface area contributed by atoms with Gasteiger partial charge in [0.05, 0.1) is 0 Å². The van der Waals surface area contributed by atoms with E-state index in [0.717, 1.165) is 16.9 Å². The van der Waals surface area contributed by atoms with Gasteiger partial charge in [0.25, 0.3) is 0 Å². The van der Waals surface area contributed by atoms with Crippen molar-refractivity contribution >= 4 is 0 Å². The minimum absolute atomic E-state index is 0.528. The number of aryl methyl sites for hydroxylation is 1. The van der Waals surface area contributed by atoms with E-state index in [9.17, 15) is 0 Å². The lowest BCUT2D eigenvalue weighted by atomic mass is 10.2. The molecule has 0 bridgehead atoms. The number of rotatable bonds is 7. The summed E-state index contributed by atoms with van der Waals surface area (Å²) in [6, 6.07) is 15.8. The molecule has 2 aromatic rings. The quantitative estimate of drug-likeness (QED) is 0.490. The monoisotopic (exact) mass is 306 g/mol. The van der Waals surface area contributed by atoms with Crippen LogP contribution in [0.2, 0.25) is 0 Å². The minimum Gasteiger partial charge on any atom is -0.489 e.